The van der Waals surface area contributed by atoms with Gasteiger partial charge in [-0.2, -0.15) is 0 Å². The molecule has 0 radical (unpaired) electrons. The molecule has 0 aromatic heterocycles. The van der Waals surface area contributed by atoms with Gasteiger partial charge in [0.2, 0.25) is 5.78 Å². The molecule has 1 heterocycles. The molecule has 1 aromatic rings. The van der Waals surface area contributed by atoms with E-state index in [1.807, 2.05) is 24.3 Å². The molecule has 0 saturated carbocycles. The highest BCUT2D eigenvalue weighted by molar-refractivity contribution is 9.40. The van der Waals surface area contributed by atoms with Gasteiger partial charge in [0.05, 0.1) is 13.2 Å². The van der Waals surface area contributed by atoms with Gasteiger partial charge in [-0.1, -0.05) is 47.8 Å². The van der Waals surface area contributed by atoms with Crippen molar-refractivity contribution in [2.75, 3.05) is 31.2 Å². The first kappa shape index (κ1) is 14.5. The van der Waals surface area contributed by atoms with Gasteiger partial charge in [-0.15, -0.1) is 0 Å². The molecular weight excluding hydrogens is 430 g/mol. The van der Waals surface area contributed by atoms with Crippen molar-refractivity contribution < 1.29 is 9.53 Å². The summed E-state index contributed by atoms with van der Waals surface area (Å²) in [5.41, 5.74) is 1.77. The summed E-state index contributed by atoms with van der Waals surface area (Å²) in [7, 11) is 0. The van der Waals surface area contributed by atoms with E-state index in [1.165, 1.54) is 0 Å². The lowest BCUT2D eigenvalue weighted by Gasteiger charge is -2.29. The average Bonchev–Trinajstić information content (AvgIpc) is 2.38. The van der Waals surface area contributed by atoms with Crippen molar-refractivity contribution in [2.24, 2.45) is 0 Å². The highest BCUT2D eigenvalue weighted by Gasteiger charge is 2.29. The third-order valence-electron chi connectivity index (χ3n) is 2.76. The number of benzene rings is 1. The molecule has 0 N–H and O–H groups in total. The van der Waals surface area contributed by atoms with Gasteiger partial charge in [0.25, 0.3) is 0 Å². The fourth-order valence-electron chi connectivity index (χ4n) is 1.81. The van der Waals surface area contributed by atoms with E-state index in [2.05, 4.69) is 52.7 Å². The Morgan fingerprint density at radius 2 is 1.67 bits per heavy atom. The molecule has 1 fully saturated rings. The largest absolute Gasteiger partial charge is 0.378 e. The molecular formula is C12H12Br3NO2. The monoisotopic (exact) mass is 439 g/mol. The average molecular weight is 442 g/mol. The van der Waals surface area contributed by atoms with Crippen molar-refractivity contribution in [3.05, 3.63) is 29.8 Å². The number of anilines is 1. The molecule has 0 spiro atoms. The van der Waals surface area contributed by atoms with E-state index in [-0.39, 0.29) is 5.78 Å². The van der Waals surface area contributed by atoms with Gasteiger partial charge in [0.1, 0.15) is 0 Å². The molecule has 1 aliphatic rings. The number of hydrogen-bond donors (Lipinski definition) is 0. The Morgan fingerprint density at radius 3 is 2.17 bits per heavy atom. The molecule has 98 valence electrons. The maximum absolute atomic E-state index is 12.0. The van der Waals surface area contributed by atoms with E-state index in [4.69, 9.17) is 4.74 Å². The van der Waals surface area contributed by atoms with E-state index >= 15 is 0 Å². The van der Waals surface area contributed by atoms with Crippen LogP contribution in [0.5, 0.6) is 0 Å². The SMILES string of the molecule is O=C(c1ccc(N2CCOCC2)cc1)C(Br)(Br)Br. The number of morpholine rings is 1. The number of ether oxygens (including phenoxy) is 1. The maximum atomic E-state index is 12.0. The third-order valence-corrected chi connectivity index (χ3v) is 3.84. The summed E-state index contributed by atoms with van der Waals surface area (Å²) in [5.74, 6) is -0.0592. The molecule has 0 unspecified atom stereocenters. The van der Waals surface area contributed by atoms with Crippen molar-refractivity contribution in [1.29, 1.82) is 0 Å². The zero-order chi connectivity index (χ0) is 13.2. The van der Waals surface area contributed by atoms with Gasteiger partial charge in [-0.3, -0.25) is 4.79 Å². The van der Waals surface area contributed by atoms with E-state index in [0.717, 1.165) is 32.0 Å². The van der Waals surface area contributed by atoms with Crippen molar-refractivity contribution in [3.63, 3.8) is 0 Å². The molecule has 3 nitrogen and oxygen atoms in total. The molecule has 1 saturated heterocycles. The molecule has 0 bridgehead atoms. The number of hydrogen-bond acceptors (Lipinski definition) is 3. The molecule has 1 aromatic carbocycles. The summed E-state index contributed by atoms with van der Waals surface area (Å²) in [4.78, 5) is 14.2. The number of alkyl halides is 3. The lowest BCUT2D eigenvalue weighted by atomic mass is 10.1. The molecule has 18 heavy (non-hydrogen) atoms. The second-order valence-corrected chi connectivity index (χ2v) is 10.7. The summed E-state index contributed by atoms with van der Waals surface area (Å²) in [6, 6.07) is 7.62. The van der Waals surface area contributed by atoms with Crippen molar-refractivity contribution >= 4 is 59.3 Å². The number of halogens is 3. The first-order chi connectivity index (χ1) is 8.48. The van der Waals surface area contributed by atoms with Crippen LogP contribution in [-0.4, -0.2) is 34.2 Å². The van der Waals surface area contributed by atoms with Gasteiger partial charge < -0.3 is 9.64 Å². The van der Waals surface area contributed by atoms with Crippen LogP contribution in [0.3, 0.4) is 0 Å². The van der Waals surface area contributed by atoms with Crippen molar-refractivity contribution in [3.8, 4) is 0 Å². The molecule has 1 aliphatic heterocycles. The number of rotatable bonds is 2. The number of ketones is 1. The van der Waals surface area contributed by atoms with Gasteiger partial charge >= 0.3 is 0 Å². The lowest BCUT2D eigenvalue weighted by molar-refractivity contribution is 0.101. The summed E-state index contributed by atoms with van der Waals surface area (Å²) >= 11 is 9.70. The highest BCUT2D eigenvalue weighted by Crippen LogP contribution is 2.37. The zero-order valence-corrected chi connectivity index (χ0v) is 14.3. The minimum Gasteiger partial charge on any atom is -0.378 e. The second-order valence-electron chi connectivity index (χ2n) is 3.97. The minimum atomic E-state index is -0.881. The Kier molecular flexibility index (Phi) is 4.86. The smallest absolute Gasteiger partial charge is 0.201 e. The predicted molar refractivity (Wildman–Crippen MR) is 83.3 cm³/mol. The summed E-state index contributed by atoms with van der Waals surface area (Å²) in [6.45, 7) is 3.31. The Labute approximate surface area is 131 Å². The van der Waals surface area contributed by atoms with Gasteiger partial charge in [-0.25, -0.2) is 0 Å². The normalized spacial score (nSPS) is 16.7. The topological polar surface area (TPSA) is 29.5 Å². The van der Waals surface area contributed by atoms with Crippen LogP contribution in [0.1, 0.15) is 10.4 Å². The van der Waals surface area contributed by atoms with E-state index in [9.17, 15) is 4.79 Å². The number of carbonyl (C=O) groups is 1. The van der Waals surface area contributed by atoms with Crippen LogP contribution in [0.25, 0.3) is 0 Å². The van der Waals surface area contributed by atoms with Gasteiger partial charge in [0.15, 0.2) is 2.14 Å². The Hall–Kier alpha value is 0.0900. The van der Waals surface area contributed by atoms with E-state index in [0.29, 0.717) is 5.56 Å². The molecule has 0 atom stereocenters. The summed E-state index contributed by atoms with van der Waals surface area (Å²) in [6.07, 6.45) is 0. The van der Waals surface area contributed by atoms with Crippen LogP contribution in [0.15, 0.2) is 24.3 Å². The second kappa shape index (κ2) is 6.03. The molecule has 6 heteroatoms. The van der Waals surface area contributed by atoms with Crippen LogP contribution >= 0.6 is 47.8 Å². The quantitative estimate of drug-likeness (QED) is 0.519. The molecule has 0 amide bonds. The fraction of sp³-hybridized carbons (Fsp3) is 0.417. The van der Waals surface area contributed by atoms with E-state index in [1.54, 1.807) is 0 Å². The number of nitrogens with zero attached hydrogens (tertiary/aromatic N) is 1. The Bertz CT molecular complexity index is 422. The minimum absolute atomic E-state index is 0.0592. The first-order valence-corrected chi connectivity index (χ1v) is 7.90. The van der Waals surface area contributed by atoms with Crippen LogP contribution in [-0.2, 0) is 4.74 Å². The van der Waals surface area contributed by atoms with Crippen LogP contribution < -0.4 is 4.90 Å². The van der Waals surface area contributed by atoms with Crippen molar-refractivity contribution in [2.45, 2.75) is 2.14 Å². The number of carbonyl (C=O) groups excluding carboxylic acids is 1. The van der Waals surface area contributed by atoms with Crippen LogP contribution in [0.4, 0.5) is 5.69 Å². The van der Waals surface area contributed by atoms with Gasteiger partial charge in [-0.05, 0) is 24.3 Å². The predicted octanol–water partition coefficient (Wildman–Crippen LogP) is 3.54. The van der Waals surface area contributed by atoms with Gasteiger partial charge in [0, 0.05) is 24.3 Å². The van der Waals surface area contributed by atoms with Crippen LogP contribution in [0, 0.1) is 0 Å². The first-order valence-electron chi connectivity index (χ1n) is 5.53. The standard InChI is InChI=1S/C12H12Br3NO2/c13-12(14,15)11(17)9-1-3-10(4-2-9)16-5-7-18-8-6-16/h1-4H,5-8H2. The summed E-state index contributed by atoms with van der Waals surface area (Å²) in [5, 5.41) is 0. The highest BCUT2D eigenvalue weighted by atomic mass is 80.0. The zero-order valence-electron chi connectivity index (χ0n) is 9.54. The summed E-state index contributed by atoms with van der Waals surface area (Å²) < 4.78 is 4.43. The molecule has 2 rings (SSSR count). The maximum Gasteiger partial charge on any atom is 0.201 e. The van der Waals surface area contributed by atoms with Crippen molar-refractivity contribution in [1.82, 2.24) is 0 Å². The van der Waals surface area contributed by atoms with Crippen LogP contribution in [0.2, 0.25) is 0 Å². The third kappa shape index (κ3) is 3.56. The lowest BCUT2D eigenvalue weighted by Crippen LogP contribution is -2.36. The van der Waals surface area contributed by atoms with E-state index < -0.39 is 2.14 Å². The number of Topliss-reactive ketones (excluding diaryl/α,β-unsaturated/α-hetero) is 1. The Morgan fingerprint density at radius 1 is 1.11 bits per heavy atom. The Balaban J connectivity index is 2.12. The molecule has 0 aliphatic carbocycles. The fourth-order valence-corrected chi connectivity index (χ4v) is 2.50.